The molecular weight excluding hydrogens is 446 g/mol. The molecule has 2 aliphatic rings. The first-order chi connectivity index (χ1) is 17.6. The van der Waals surface area contributed by atoms with E-state index < -0.39 is 5.60 Å². The summed E-state index contributed by atoms with van der Waals surface area (Å²) in [5.74, 6) is 0.969. The molecule has 36 heavy (non-hydrogen) atoms. The second-order valence-corrected chi connectivity index (χ2v) is 10.2. The summed E-state index contributed by atoms with van der Waals surface area (Å²) < 4.78 is 5.61. The quantitative estimate of drug-likeness (QED) is 0.507. The van der Waals surface area contributed by atoms with Crippen LogP contribution in [0.15, 0.2) is 84.9 Å². The van der Waals surface area contributed by atoms with Crippen LogP contribution in [0.25, 0.3) is 0 Å². The Balaban J connectivity index is 1.20. The molecule has 0 aliphatic carbocycles. The van der Waals surface area contributed by atoms with Gasteiger partial charge in [0.2, 0.25) is 0 Å². The summed E-state index contributed by atoms with van der Waals surface area (Å²) in [6.07, 6.45) is 1.59. The predicted molar refractivity (Wildman–Crippen MR) is 145 cm³/mol. The summed E-state index contributed by atoms with van der Waals surface area (Å²) in [7, 11) is 1.75. The van der Waals surface area contributed by atoms with Crippen LogP contribution in [0.1, 0.15) is 35.6 Å². The molecule has 0 spiro atoms. The second kappa shape index (κ2) is 11.6. The number of nitrogens with zero attached hydrogens (tertiary/aromatic N) is 3. The molecule has 2 saturated heterocycles. The molecular formula is C31H39N3O2. The van der Waals surface area contributed by atoms with Crippen molar-refractivity contribution in [3.63, 3.8) is 0 Å². The molecule has 0 amide bonds. The van der Waals surface area contributed by atoms with Gasteiger partial charge < -0.3 is 14.7 Å². The van der Waals surface area contributed by atoms with E-state index in [2.05, 4.69) is 75.4 Å². The summed E-state index contributed by atoms with van der Waals surface area (Å²) in [4.78, 5) is 7.75. The van der Waals surface area contributed by atoms with Crippen molar-refractivity contribution in [2.45, 2.75) is 31.0 Å². The van der Waals surface area contributed by atoms with Gasteiger partial charge in [0.15, 0.2) is 0 Å². The number of hydrogen-bond acceptors (Lipinski definition) is 5. The Morgan fingerprint density at radius 1 is 0.778 bits per heavy atom. The van der Waals surface area contributed by atoms with Crippen LogP contribution in [0.4, 0.5) is 0 Å². The molecule has 2 aliphatic heterocycles. The number of rotatable bonds is 8. The minimum atomic E-state index is -0.686. The zero-order valence-electron chi connectivity index (χ0n) is 21.4. The lowest BCUT2D eigenvalue weighted by atomic mass is 9.84. The molecule has 1 atom stereocenters. The van der Waals surface area contributed by atoms with E-state index in [1.165, 1.54) is 11.1 Å². The summed E-state index contributed by atoms with van der Waals surface area (Å²) in [5.41, 5.74) is 3.01. The van der Waals surface area contributed by atoms with Gasteiger partial charge in [0, 0.05) is 64.0 Å². The summed E-state index contributed by atoms with van der Waals surface area (Å²) in [6.45, 7) is 7.99. The highest BCUT2D eigenvalue weighted by Crippen LogP contribution is 2.33. The molecule has 190 valence electrons. The number of likely N-dealkylation sites (tertiary alicyclic amines) is 1. The topological polar surface area (TPSA) is 39.2 Å². The van der Waals surface area contributed by atoms with Gasteiger partial charge in [0.1, 0.15) is 5.75 Å². The van der Waals surface area contributed by atoms with Gasteiger partial charge in [-0.15, -0.1) is 0 Å². The van der Waals surface area contributed by atoms with Crippen LogP contribution >= 0.6 is 0 Å². The van der Waals surface area contributed by atoms with Gasteiger partial charge in [-0.2, -0.15) is 0 Å². The molecule has 0 saturated carbocycles. The van der Waals surface area contributed by atoms with Crippen molar-refractivity contribution < 1.29 is 9.84 Å². The fourth-order valence-electron chi connectivity index (χ4n) is 5.81. The van der Waals surface area contributed by atoms with Crippen LogP contribution in [0, 0.1) is 0 Å². The molecule has 5 nitrogen and oxygen atoms in total. The standard InChI is InChI=1S/C31H39N3O2/c1-36-30-15-9-8-12-27(30)24-33-21-23-34(29(25-33)26-10-4-2-5-11-26)22-20-32-18-16-31(35,17-19-32)28-13-6-3-7-14-28/h2-15,29,35H,16-25H2,1H3. The Kier molecular flexibility index (Phi) is 8.02. The van der Waals surface area contributed by atoms with Crippen LogP contribution in [-0.2, 0) is 12.1 Å². The van der Waals surface area contributed by atoms with Gasteiger partial charge in [0.05, 0.1) is 12.7 Å². The van der Waals surface area contributed by atoms with E-state index in [4.69, 9.17) is 4.74 Å². The highest BCUT2D eigenvalue weighted by Gasteiger charge is 2.34. The average molecular weight is 486 g/mol. The minimum Gasteiger partial charge on any atom is -0.496 e. The largest absolute Gasteiger partial charge is 0.496 e. The van der Waals surface area contributed by atoms with Gasteiger partial charge in [-0.25, -0.2) is 0 Å². The highest BCUT2D eigenvalue weighted by molar-refractivity contribution is 5.33. The number of piperazine rings is 1. The van der Waals surface area contributed by atoms with Gasteiger partial charge in [0.25, 0.3) is 0 Å². The molecule has 1 unspecified atom stereocenters. The van der Waals surface area contributed by atoms with Gasteiger partial charge in [-0.05, 0) is 30.0 Å². The molecule has 5 rings (SSSR count). The summed E-state index contributed by atoms with van der Waals surface area (Å²) in [5, 5.41) is 11.2. The predicted octanol–water partition coefficient (Wildman–Crippen LogP) is 4.54. The summed E-state index contributed by atoms with van der Waals surface area (Å²) in [6, 6.07) is 29.9. The molecule has 0 bridgehead atoms. The molecule has 2 fully saturated rings. The van der Waals surface area contributed by atoms with E-state index in [0.717, 1.165) is 76.5 Å². The van der Waals surface area contributed by atoms with E-state index in [1.807, 2.05) is 24.3 Å². The smallest absolute Gasteiger partial charge is 0.123 e. The lowest BCUT2D eigenvalue weighted by molar-refractivity contribution is -0.0297. The molecule has 1 N–H and O–H groups in total. The van der Waals surface area contributed by atoms with Crippen molar-refractivity contribution in [1.82, 2.24) is 14.7 Å². The SMILES string of the molecule is COc1ccccc1CN1CCN(CCN2CCC(O)(c3ccccc3)CC2)C(c2ccccc2)C1. The average Bonchev–Trinajstić information content (AvgIpc) is 2.94. The lowest BCUT2D eigenvalue weighted by Crippen LogP contribution is -2.51. The Hall–Kier alpha value is -2.70. The maximum absolute atomic E-state index is 11.2. The monoisotopic (exact) mass is 485 g/mol. The molecule has 0 aromatic heterocycles. The number of piperidine rings is 1. The zero-order chi connectivity index (χ0) is 24.8. The fraction of sp³-hybridized carbons (Fsp3) is 0.419. The van der Waals surface area contributed by atoms with E-state index in [0.29, 0.717) is 6.04 Å². The van der Waals surface area contributed by atoms with E-state index in [1.54, 1.807) is 7.11 Å². The van der Waals surface area contributed by atoms with E-state index in [9.17, 15) is 5.11 Å². The zero-order valence-corrected chi connectivity index (χ0v) is 21.4. The molecule has 0 radical (unpaired) electrons. The lowest BCUT2D eigenvalue weighted by Gasteiger charge is -2.44. The molecule has 3 aromatic rings. The van der Waals surface area contributed by atoms with Crippen LogP contribution < -0.4 is 4.74 Å². The van der Waals surface area contributed by atoms with Crippen LogP contribution in [0.5, 0.6) is 5.75 Å². The maximum Gasteiger partial charge on any atom is 0.123 e. The Morgan fingerprint density at radius 2 is 1.44 bits per heavy atom. The highest BCUT2D eigenvalue weighted by atomic mass is 16.5. The number of methoxy groups -OCH3 is 1. The number of para-hydroxylation sites is 1. The number of hydrogen-bond donors (Lipinski definition) is 1. The molecule has 3 aromatic carbocycles. The van der Waals surface area contributed by atoms with Crippen molar-refractivity contribution in [2.75, 3.05) is 52.9 Å². The minimum absolute atomic E-state index is 0.376. The molecule has 2 heterocycles. The Labute approximate surface area is 215 Å². The maximum atomic E-state index is 11.2. The van der Waals surface area contributed by atoms with Gasteiger partial charge in [-0.1, -0.05) is 78.9 Å². The number of benzene rings is 3. The first-order valence-corrected chi connectivity index (χ1v) is 13.3. The third-order valence-electron chi connectivity index (χ3n) is 8.04. The fourth-order valence-corrected chi connectivity index (χ4v) is 5.81. The Bertz CT molecular complexity index is 1080. The first kappa shape index (κ1) is 25.0. The van der Waals surface area contributed by atoms with Gasteiger partial charge >= 0.3 is 0 Å². The molecule has 5 heteroatoms. The third kappa shape index (κ3) is 5.81. The van der Waals surface area contributed by atoms with Crippen LogP contribution in [0.3, 0.4) is 0 Å². The van der Waals surface area contributed by atoms with Crippen molar-refractivity contribution >= 4 is 0 Å². The number of aliphatic hydroxyl groups is 1. The van der Waals surface area contributed by atoms with Crippen molar-refractivity contribution in [1.29, 1.82) is 0 Å². The third-order valence-corrected chi connectivity index (χ3v) is 8.04. The van der Waals surface area contributed by atoms with Gasteiger partial charge in [-0.3, -0.25) is 9.80 Å². The van der Waals surface area contributed by atoms with Crippen LogP contribution in [-0.4, -0.2) is 72.7 Å². The van der Waals surface area contributed by atoms with Crippen molar-refractivity contribution in [2.24, 2.45) is 0 Å². The van der Waals surface area contributed by atoms with E-state index in [-0.39, 0.29) is 0 Å². The number of ether oxygens (including phenoxy) is 1. The van der Waals surface area contributed by atoms with Crippen LogP contribution in [0.2, 0.25) is 0 Å². The normalized spacial score (nSPS) is 21.3. The van der Waals surface area contributed by atoms with Crippen molar-refractivity contribution in [3.05, 3.63) is 102 Å². The van der Waals surface area contributed by atoms with Crippen molar-refractivity contribution in [3.8, 4) is 5.75 Å². The summed E-state index contributed by atoms with van der Waals surface area (Å²) >= 11 is 0. The first-order valence-electron chi connectivity index (χ1n) is 13.3. The van der Waals surface area contributed by atoms with E-state index >= 15 is 0 Å². The Morgan fingerprint density at radius 3 is 2.17 bits per heavy atom. The second-order valence-electron chi connectivity index (χ2n) is 10.2.